The van der Waals surface area contributed by atoms with Crippen molar-refractivity contribution in [1.82, 2.24) is 9.21 Å². The van der Waals surface area contributed by atoms with Crippen molar-refractivity contribution in [1.29, 1.82) is 0 Å². The summed E-state index contributed by atoms with van der Waals surface area (Å²) in [6.07, 6.45) is 0. The molecule has 0 radical (unpaired) electrons. The smallest absolute Gasteiger partial charge is 0.262 e. The normalized spacial score (nSPS) is 16.8. The zero-order chi connectivity index (χ0) is 22.0. The molecule has 2 heterocycles. The van der Waals surface area contributed by atoms with E-state index in [9.17, 15) is 18.0 Å². The summed E-state index contributed by atoms with van der Waals surface area (Å²) in [5, 5.41) is 2.62. The Morgan fingerprint density at radius 2 is 1.81 bits per heavy atom. The van der Waals surface area contributed by atoms with Gasteiger partial charge in [-0.15, -0.1) is 0 Å². The maximum absolute atomic E-state index is 13.1. The van der Waals surface area contributed by atoms with Crippen LogP contribution in [0.3, 0.4) is 0 Å². The average molecular weight is 445 g/mol. The number of nitrogens with one attached hydrogen (secondary N) is 1. The number of amides is 2. The largest absolute Gasteiger partial charge is 0.494 e. The molecule has 10 heteroatoms. The Balaban J connectivity index is 1.42. The van der Waals surface area contributed by atoms with Gasteiger partial charge in [-0.1, -0.05) is 0 Å². The summed E-state index contributed by atoms with van der Waals surface area (Å²) >= 11 is 0. The van der Waals surface area contributed by atoms with Gasteiger partial charge in [-0.2, -0.15) is 4.31 Å². The van der Waals surface area contributed by atoms with Crippen molar-refractivity contribution in [2.45, 2.75) is 11.8 Å². The summed E-state index contributed by atoms with van der Waals surface area (Å²) in [5.74, 6) is 0.656. The summed E-state index contributed by atoms with van der Waals surface area (Å²) < 4.78 is 38.1. The number of hydrogen-bond acceptors (Lipinski definition) is 6. The van der Waals surface area contributed by atoms with Gasteiger partial charge in [0.2, 0.25) is 10.0 Å². The molecule has 9 nitrogen and oxygen atoms in total. The van der Waals surface area contributed by atoms with Crippen molar-refractivity contribution in [3.63, 3.8) is 0 Å². The first kappa shape index (κ1) is 21.1. The molecule has 2 aliphatic heterocycles. The average Bonchev–Trinajstić information content (AvgIpc) is 2.79. The van der Waals surface area contributed by atoms with Gasteiger partial charge in [0.1, 0.15) is 11.5 Å². The van der Waals surface area contributed by atoms with Gasteiger partial charge in [-0.05, 0) is 49.4 Å². The van der Waals surface area contributed by atoms with Gasteiger partial charge in [0.25, 0.3) is 11.8 Å². The number of benzene rings is 2. The highest BCUT2D eigenvalue weighted by atomic mass is 32.2. The Hall–Kier alpha value is -3.11. The summed E-state index contributed by atoms with van der Waals surface area (Å²) in [4.78, 5) is 26.0. The van der Waals surface area contributed by atoms with Crippen LogP contribution < -0.4 is 14.8 Å². The van der Waals surface area contributed by atoms with E-state index in [1.165, 1.54) is 22.5 Å². The molecule has 1 N–H and O–H groups in total. The van der Waals surface area contributed by atoms with Gasteiger partial charge in [-0.25, -0.2) is 8.42 Å². The minimum atomic E-state index is -3.77. The molecule has 2 aliphatic rings. The second-order valence-corrected chi connectivity index (χ2v) is 9.09. The zero-order valence-corrected chi connectivity index (χ0v) is 17.9. The number of fused-ring (bicyclic) bond motifs is 1. The fourth-order valence-corrected chi connectivity index (χ4v) is 5.00. The van der Waals surface area contributed by atoms with E-state index in [2.05, 4.69) is 5.32 Å². The van der Waals surface area contributed by atoms with Gasteiger partial charge in [0.05, 0.1) is 17.2 Å². The number of piperazine rings is 1. The lowest BCUT2D eigenvalue weighted by atomic mass is 10.2. The van der Waals surface area contributed by atoms with E-state index in [0.29, 0.717) is 29.4 Å². The first-order valence-corrected chi connectivity index (χ1v) is 11.4. The van der Waals surface area contributed by atoms with Crippen molar-refractivity contribution >= 4 is 27.5 Å². The predicted octanol–water partition coefficient (Wildman–Crippen LogP) is 1.56. The molecule has 164 valence electrons. The van der Waals surface area contributed by atoms with Crippen LogP contribution in [-0.2, 0) is 14.8 Å². The molecule has 0 spiro atoms. The summed E-state index contributed by atoms with van der Waals surface area (Å²) in [6.45, 7) is 3.29. The van der Waals surface area contributed by atoms with Crippen molar-refractivity contribution < 1.29 is 27.5 Å². The van der Waals surface area contributed by atoms with E-state index >= 15 is 0 Å². The Labute approximate surface area is 180 Å². The Kier molecular flexibility index (Phi) is 5.84. The van der Waals surface area contributed by atoms with Gasteiger partial charge < -0.3 is 19.7 Å². The molecule has 4 rings (SSSR count). The lowest BCUT2D eigenvalue weighted by molar-refractivity contribution is -0.118. The molecule has 0 atom stereocenters. The highest BCUT2D eigenvalue weighted by Crippen LogP contribution is 2.31. The van der Waals surface area contributed by atoms with Crippen LogP contribution in [0.4, 0.5) is 5.69 Å². The molecule has 1 saturated heterocycles. The third-order valence-corrected chi connectivity index (χ3v) is 7.05. The maximum atomic E-state index is 13.1. The quantitative estimate of drug-likeness (QED) is 0.749. The Morgan fingerprint density at radius 3 is 2.48 bits per heavy atom. The molecule has 0 bridgehead atoms. The van der Waals surface area contributed by atoms with E-state index in [1.807, 2.05) is 6.92 Å². The van der Waals surface area contributed by atoms with Crippen LogP contribution in [0.15, 0.2) is 47.4 Å². The van der Waals surface area contributed by atoms with Crippen LogP contribution in [0.5, 0.6) is 11.5 Å². The van der Waals surface area contributed by atoms with Gasteiger partial charge >= 0.3 is 0 Å². The van der Waals surface area contributed by atoms with Crippen molar-refractivity contribution in [3.05, 3.63) is 48.0 Å². The molecule has 2 aromatic rings. The molecular formula is C21H23N3O6S. The van der Waals surface area contributed by atoms with Crippen LogP contribution in [0.25, 0.3) is 0 Å². The Morgan fingerprint density at radius 1 is 1.10 bits per heavy atom. The second kappa shape index (κ2) is 8.56. The van der Waals surface area contributed by atoms with E-state index in [-0.39, 0.29) is 49.5 Å². The summed E-state index contributed by atoms with van der Waals surface area (Å²) in [6, 6.07) is 11.3. The SMILES string of the molecule is CCOc1ccc(C(=O)N2CCN(S(=O)(=O)c3ccc4c(c3)NC(=O)CO4)CC2)cc1. The molecule has 2 amide bonds. The highest BCUT2D eigenvalue weighted by molar-refractivity contribution is 7.89. The molecule has 2 aromatic carbocycles. The molecule has 31 heavy (non-hydrogen) atoms. The zero-order valence-electron chi connectivity index (χ0n) is 17.0. The number of nitrogens with zero attached hydrogens (tertiary/aromatic N) is 2. The monoisotopic (exact) mass is 445 g/mol. The lowest BCUT2D eigenvalue weighted by Gasteiger charge is -2.34. The molecule has 0 aromatic heterocycles. The van der Waals surface area contributed by atoms with Crippen LogP contribution in [0.1, 0.15) is 17.3 Å². The third kappa shape index (κ3) is 4.35. The number of anilines is 1. The maximum Gasteiger partial charge on any atom is 0.262 e. The van der Waals surface area contributed by atoms with Gasteiger partial charge in [0, 0.05) is 31.7 Å². The predicted molar refractivity (Wildman–Crippen MR) is 113 cm³/mol. The van der Waals surface area contributed by atoms with E-state index < -0.39 is 10.0 Å². The molecular weight excluding hydrogens is 422 g/mol. The standard InChI is InChI=1S/C21H23N3O6S/c1-2-29-16-5-3-15(4-6-16)21(26)23-9-11-24(12-10-23)31(27,28)17-7-8-19-18(13-17)22-20(25)14-30-19/h3-8,13H,2,9-12,14H2,1H3,(H,22,25). The van der Waals surface area contributed by atoms with E-state index in [0.717, 1.165) is 0 Å². The fraction of sp³-hybridized carbons (Fsp3) is 0.333. The van der Waals surface area contributed by atoms with Gasteiger partial charge in [0.15, 0.2) is 6.61 Å². The third-order valence-electron chi connectivity index (χ3n) is 5.16. The number of rotatable bonds is 5. The number of carbonyl (C=O) groups is 2. The minimum absolute atomic E-state index is 0.0725. The molecule has 1 fully saturated rings. The van der Waals surface area contributed by atoms with E-state index in [4.69, 9.17) is 9.47 Å². The fourth-order valence-electron chi connectivity index (χ4n) is 3.55. The lowest BCUT2D eigenvalue weighted by Crippen LogP contribution is -2.50. The molecule has 0 saturated carbocycles. The first-order valence-electron chi connectivity index (χ1n) is 9.97. The molecule has 0 unspecified atom stereocenters. The van der Waals surface area contributed by atoms with E-state index in [1.54, 1.807) is 29.2 Å². The van der Waals surface area contributed by atoms with Crippen LogP contribution in [-0.4, -0.2) is 68.8 Å². The minimum Gasteiger partial charge on any atom is -0.494 e. The number of carbonyl (C=O) groups excluding carboxylic acids is 2. The van der Waals surface area contributed by atoms with Crippen molar-refractivity contribution in [3.8, 4) is 11.5 Å². The first-order chi connectivity index (χ1) is 14.9. The van der Waals surface area contributed by atoms with Crippen LogP contribution >= 0.6 is 0 Å². The number of ether oxygens (including phenoxy) is 2. The summed E-state index contributed by atoms with van der Waals surface area (Å²) in [7, 11) is -3.77. The van der Waals surface area contributed by atoms with Crippen molar-refractivity contribution in [2.24, 2.45) is 0 Å². The van der Waals surface area contributed by atoms with Gasteiger partial charge in [-0.3, -0.25) is 9.59 Å². The van der Waals surface area contributed by atoms with Crippen molar-refractivity contribution in [2.75, 3.05) is 44.7 Å². The Bertz CT molecular complexity index is 1090. The van der Waals surface area contributed by atoms with Crippen LogP contribution in [0, 0.1) is 0 Å². The highest BCUT2D eigenvalue weighted by Gasteiger charge is 2.31. The number of sulfonamides is 1. The van der Waals surface area contributed by atoms with Crippen LogP contribution in [0.2, 0.25) is 0 Å². The topological polar surface area (TPSA) is 105 Å². The second-order valence-electron chi connectivity index (χ2n) is 7.15. The number of hydrogen-bond donors (Lipinski definition) is 1. The summed E-state index contributed by atoms with van der Waals surface area (Å²) in [5.41, 5.74) is 0.867. The molecule has 0 aliphatic carbocycles.